The van der Waals surface area contributed by atoms with Crippen LogP contribution in [-0.2, 0) is 5.54 Å². The van der Waals surface area contributed by atoms with Crippen molar-refractivity contribution in [1.29, 1.82) is 0 Å². The van der Waals surface area contributed by atoms with E-state index in [9.17, 15) is 8.78 Å². The van der Waals surface area contributed by atoms with E-state index in [2.05, 4.69) is 4.98 Å². The lowest BCUT2D eigenvalue weighted by Gasteiger charge is -2.36. The summed E-state index contributed by atoms with van der Waals surface area (Å²) in [4.78, 5) is 4.18. The number of nitrogens with two attached hydrogens (primary N) is 1. The van der Waals surface area contributed by atoms with Crippen LogP contribution >= 0.6 is 0 Å². The number of hydrogen-bond donors (Lipinski definition) is 1. The van der Waals surface area contributed by atoms with Gasteiger partial charge in [-0.05, 0) is 18.9 Å². The SMILES string of the molecule is COc1ccnc(C2(N)CCC(F)(F)CC2)c1. The number of nitrogens with zero attached hydrogens (tertiary/aromatic N) is 1. The second kappa shape index (κ2) is 4.22. The van der Waals surface area contributed by atoms with E-state index in [-0.39, 0.29) is 25.7 Å². The maximum Gasteiger partial charge on any atom is 0.248 e. The monoisotopic (exact) mass is 242 g/mol. The standard InChI is InChI=1S/C12H16F2N2O/c1-17-9-2-7-16-10(8-9)11(15)3-5-12(13,14)6-4-11/h2,7-8H,3-6,15H2,1H3. The highest BCUT2D eigenvalue weighted by Gasteiger charge is 2.42. The van der Waals surface area contributed by atoms with Gasteiger partial charge in [0.15, 0.2) is 0 Å². The lowest BCUT2D eigenvalue weighted by atomic mass is 9.78. The molecule has 0 saturated heterocycles. The van der Waals surface area contributed by atoms with Gasteiger partial charge in [-0.3, -0.25) is 4.98 Å². The first-order valence-electron chi connectivity index (χ1n) is 5.62. The Morgan fingerprint density at radius 2 is 1.94 bits per heavy atom. The fourth-order valence-electron chi connectivity index (χ4n) is 2.13. The summed E-state index contributed by atoms with van der Waals surface area (Å²) >= 11 is 0. The highest BCUT2D eigenvalue weighted by molar-refractivity contribution is 5.27. The van der Waals surface area contributed by atoms with Crippen LogP contribution in [0.4, 0.5) is 8.78 Å². The van der Waals surface area contributed by atoms with Crippen molar-refractivity contribution in [3.8, 4) is 5.75 Å². The minimum Gasteiger partial charge on any atom is -0.497 e. The van der Waals surface area contributed by atoms with E-state index in [4.69, 9.17) is 10.5 Å². The van der Waals surface area contributed by atoms with Gasteiger partial charge < -0.3 is 10.5 Å². The third kappa shape index (κ3) is 2.54. The molecule has 0 amide bonds. The highest BCUT2D eigenvalue weighted by Crippen LogP contribution is 2.41. The van der Waals surface area contributed by atoms with E-state index in [1.165, 1.54) is 0 Å². The molecular weight excluding hydrogens is 226 g/mol. The van der Waals surface area contributed by atoms with Crippen molar-refractivity contribution in [3.63, 3.8) is 0 Å². The molecule has 3 nitrogen and oxygen atoms in total. The van der Waals surface area contributed by atoms with Crippen LogP contribution in [0.2, 0.25) is 0 Å². The van der Waals surface area contributed by atoms with E-state index in [1.807, 2.05) is 0 Å². The number of alkyl halides is 2. The summed E-state index contributed by atoms with van der Waals surface area (Å²) in [5, 5.41) is 0. The smallest absolute Gasteiger partial charge is 0.248 e. The Hall–Kier alpha value is -1.23. The van der Waals surface area contributed by atoms with E-state index in [0.29, 0.717) is 11.4 Å². The largest absolute Gasteiger partial charge is 0.497 e. The topological polar surface area (TPSA) is 48.1 Å². The molecule has 1 heterocycles. The Balaban J connectivity index is 2.21. The number of halogens is 2. The first-order chi connectivity index (χ1) is 7.95. The van der Waals surface area contributed by atoms with Gasteiger partial charge in [0.2, 0.25) is 5.92 Å². The number of aromatic nitrogens is 1. The van der Waals surface area contributed by atoms with Crippen molar-refractivity contribution in [2.45, 2.75) is 37.1 Å². The first-order valence-corrected chi connectivity index (χ1v) is 5.62. The Labute approximate surface area is 99.0 Å². The molecule has 17 heavy (non-hydrogen) atoms. The number of ether oxygens (including phenoxy) is 1. The van der Waals surface area contributed by atoms with Crippen LogP contribution in [0.3, 0.4) is 0 Å². The lowest BCUT2D eigenvalue weighted by Crippen LogP contribution is -2.44. The van der Waals surface area contributed by atoms with Gasteiger partial charge in [0.25, 0.3) is 0 Å². The summed E-state index contributed by atoms with van der Waals surface area (Å²) in [5.41, 5.74) is 6.05. The van der Waals surface area contributed by atoms with Crippen molar-refractivity contribution in [3.05, 3.63) is 24.0 Å². The molecule has 2 rings (SSSR count). The maximum absolute atomic E-state index is 13.1. The number of pyridine rings is 1. The van der Waals surface area contributed by atoms with Crippen LogP contribution in [-0.4, -0.2) is 18.0 Å². The number of hydrogen-bond acceptors (Lipinski definition) is 3. The molecule has 0 spiro atoms. The van der Waals surface area contributed by atoms with Crippen molar-refractivity contribution < 1.29 is 13.5 Å². The number of methoxy groups -OCH3 is 1. The molecule has 1 aromatic rings. The van der Waals surface area contributed by atoms with Crippen molar-refractivity contribution >= 4 is 0 Å². The average molecular weight is 242 g/mol. The van der Waals surface area contributed by atoms with E-state index < -0.39 is 11.5 Å². The van der Waals surface area contributed by atoms with Crippen LogP contribution in [0.5, 0.6) is 5.75 Å². The highest BCUT2D eigenvalue weighted by atomic mass is 19.3. The van der Waals surface area contributed by atoms with Crippen molar-refractivity contribution in [2.24, 2.45) is 5.73 Å². The van der Waals surface area contributed by atoms with Crippen LogP contribution < -0.4 is 10.5 Å². The Morgan fingerprint density at radius 3 is 2.53 bits per heavy atom. The second-order valence-corrected chi connectivity index (χ2v) is 4.59. The molecule has 1 fully saturated rings. The van der Waals surface area contributed by atoms with Gasteiger partial charge in [-0.1, -0.05) is 0 Å². The average Bonchev–Trinajstić information content (AvgIpc) is 2.33. The normalized spacial score (nSPS) is 22.1. The quantitative estimate of drug-likeness (QED) is 0.866. The zero-order valence-corrected chi connectivity index (χ0v) is 9.75. The molecule has 0 bridgehead atoms. The van der Waals surface area contributed by atoms with Gasteiger partial charge in [-0.2, -0.15) is 0 Å². The molecule has 0 radical (unpaired) electrons. The molecule has 1 aromatic heterocycles. The predicted molar refractivity (Wildman–Crippen MR) is 60.1 cm³/mol. The third-order valence-corrected chi connectivity index (χ3v) is 3.35. The summed E-state index contributed by atoms with van der Waals surface area (Å²) in [6, 6.07) is 3.44. The molecule has 5 heteroatoms. The molecule has 1 saturated carbocycles. The molecule has 0 aromatic carbocycles. The van der Waals surface area contributed by atoms with Gasteiger partial charge in [0, 0.05) is 25.1 Å². The maximum atomic E-state index is 13.1. The lowest BCUT2D eigenvalue weighted by molar-refractivity contribution is -0.0519. The van der Waals surface area contributed by atoms with Gasteiger partial charge in [-0.15, -0.1) is 0 Å². The summed E-state index contributed by atoms with van der Waals surface area (Å²) in [5.74, 6) is -1.93. The van der Waals surface area contributed by atoms with Gasteiger partial charge in [0.1, 0.15) is 5.75 Å². The van der Waals surface area contributed by atoms with Gasteiger partial charge in [0.05, 0.1) is 18.3 Å². The zero-order valence-electron chi connectivity index (χ0n) is 9.75. The van der Waals surface area contributed by atoms with Gasteiger partial charge >= 0.3 is 0 Å². The second-order valence-electron chi connectivity index (χ2n) is 4.59. The van der Waals surface area contributed by atoms with Gasteiger partial charge in [-0.25, -0.2) is 8.78 Å². The minimum absolute atomic E-state index is 0.178. The van der Waals surface area contributed by atoms with E-state index in [1.54, 1.807) is 25.4 Å². The van der Waals surface area contributed by atoms with Crippen LogP contribution in [0.25, 0.3) is 0 Å². The summed E-state index contributed by atoms with van der Waals surface area (Å²) < 4.78 is 31.3. The first kappa shape index (κ1) is 12.2. The van der Waals surface area contributed by atoms with Crippen molar-refractivity contribution in [2.75, 3.05) is 7.11 Å². The molecule has 2 N–H and O–H groups in total. The fraction of sp³-hybridized carbons (Fsp3) is 0.583. The molecule has 0 atom stereocenters. The van der Waals surface area contributed by atoms with Crippen LogP contribution in [0, 0.1) is 0 Å². The summed E-state index contributed by atoms with van der Waals surface area (Å²) in [6.45, 7) is 0. The minimum atomic E-state index is -2.58. The Bertz CT molecular complexity index is 399. The van der Waals surface area contributed by atoms with Crippen LogP contribution in [0.15, 0.2) is 18.3 Å². The zero-order chi connectivity index (χ0) is 12.5. The molecular formula is C12H16F2N2O. The van der Waals surface area contributed by atoms with Crippen LogP contribution in [0.1, 0.15) is 31.4 Å². The summed E-state index contributed by atoms with van der Waals surface area (Å²) in [6.07, 6.45) is 1.74. The van der Waals surface area contributed by atoms with E-state index >= 15 is 0 Å². The molecule has 0 aliphatic heterocycles. The Kier molecular flexibility index (Phi) is 3.03. The van der Waals surface area contributed by atoms with Crippen molar-refractivity contribution in [1.82, 2.24) is 4.98 Å². The molecule has 1 aliphatic carbocycles. The third-order valence-electron chi connectivity index (χ3n) is 3.35. The summed E-state index contributed by atoms with van der Waals surface area (Å²) in [7, 11) is 1.55. The molecule has 94 valence electrons. The predicted octanol–water partition coefficient (Wildman–Crippen LogP) is 2.45. The fourth-order valence-corrected chi connectivity index (χ4v) is 2.13. The Morgan fingerprint density at radius 1 is 1.29 bits per heavy atom. The molecule has 0 unspecified atom stereocenters. The molecule has 1 aliphatic rings. The number of rotatable bonds is 2. The van der Waals surface area contributed by atoms with E-state index in [0.717, 1.165) is 0 Å².